The second kappa shape index (κ2) is 7.20. The van der Waals surface area contributed by atoms with Gasteiger partial charge < -0.3 is 16.4 Å². The molecule has 1 rings (SSSR count). The van der Waals surface area contributed by atoms with Gasteiger partial charge in [-0.3, -0.25) is 9.59 Å². The molecule has 7 heteroatoms. The lowest BCUT2D eigenvalue weighted by atomic mass is 10.3. The lowest BCUT2D eigenvalue weighted by Crippen LogP contribution is -2.45. The zero-order valence-electron chi connectivity index (χ0n) is 11.4. The van der Waals surface area contributed by atoms with Gasteiger partial charge in [0.15, 0.2) is 0 Å². The van der Waals surface area contributed by atoms with Crippen molar-refractivity contribution in [2.45, 2.75) is 39.3 Å². The van der Waals surface area contributed by atoms with Gasteiger partial charge in [0.1, 0.15) is 16.7 Å². The Morgan fingerprint density at radius 1 is 1.47 bits per heavy atom. The summed E-state index contributed by atoms with van der Waals surface area (Å²) >= 11 is 1.34. The largest absolute Gasteiger partial charge is 0.354 e. The molecule has 6 nitrogen and oxygen atoms in total. The van der Waals surface area contributed by atoms with Crippen LogP contribution in [0.15, 0.2) is 5.38 Å². The van der Waals surface area contributed by atoms with Crippen LogP contribution in [0.25, 0.3) is 0 Å². The number of thiazole rings is 1. The van der Waals surface area contributed by atoms with Crippen LogP contribution in [-0.2, 0) is 4.79 Å². The van der Waals surface area contributed by atoms with Gasteiger partial charge in [-0.05, 0) is 20.3 Å². The maximum atomic E-state index is 11.9. The highest BCUT2D eigenvalue weighted by molar-refractivity contribution is 7.09. The van der Waals surface area contributed by atoms with Gasteiger partial charge in [-0.1, -0.05) is 6.92 Å². The molecule has 19 heavy (non-hydrogen) atoms. The molecule has 0 saturated heterocycles. The Morgan fingerprint density at radius 3 is 2.68 bits per heavy atom. The summed E-state index contributed by atoms with van der Waals surface area (Å²) in [6.45, 7) is 6.02. The number of aromatic nitrogens is 1. The molecule has 2 amide bonds. The zero-order valence-corrected chi connectivity index (χ0v) is 12.2. The SMILES string of the molecule is CCCNC(=O)C(C)NC(=O)c1csc(C(C)N)n1. The van der Waals surface area contributed by atoms with Crippen LogP contribution in [0.5, 0.6) is 0 Å². The molecule has 106 valence electrons. The molecule has 0 aliphatic rings. The third kappa shape index (κ3) is 4.60. The van der Waals surface area contributed by atoms with Crippen LogP contribution < -0.4 is 16.4 Å². The molecular formula is C12H20N4O2S. The molecule has 0 radical (unpaired) electrons. The number of amides is 2. The smallest absolute Gasteiger partial charge is 0.271 e. The van der Waals surface area contributed by atoms with Gasteiger partial charge in [0, 0.05) is 11.9 Å². The number of hydrogen-bond acceptors (Lipinski definition) is 5. The molecule has 0 aliphatic heterocycles. The fourth-order valence-corrected chi connectivity index (χ4v) is 2.10. The number of hydrogen-bond donors (Lipinski definition) is 3. The van der Waals surface area contributed by atoms with Gasteiger partial charge in [0.25, 0.3) is 5.91 Å². The van der Waals surface area contributed by atoms with E-state index in [-0.39, 0.29) is 17.9 Å². The minimum atomic E-state index is -0.584. The first-order valence-electron chi connectivity index (χ1n) is 6.25. The van der Waals surface area contributed by atoms with E-state index in [1.807, 2.05) is 6.92 Å². The number of rotatable bonds is 6. The maximum absolute atomic E-state index is 11.9. The number of nitrogens with one attached hydrogen (secondary N) is 2. The summed E-state index contributed by atoms with van der Waals surface area (Å²) < 4.78 is 0. The summed E-state index contributed by atoms with van der Waals surface area (Å²) in [6.07, 6.45) is 0.857. The molecule has 0 aromatic carbocycles. The molecule has 0 fully saturated rings. The third-order valence-electron chi connectivity index (χ3n) is 2.43. The van der Waals surface area contributed by atoms with Crippen molar-refractivity contribution in [1.82, 2.24) is 15.6 Å². The van der Waals surface area contributed by atoms with Gasteiger partial charge in [-0.2, -0.15) is 0 Å². The molecular weight excluding hydrogens is 264 g/mol. The fraction of sp³-hybridized carbons (Fsp3) is 0.583. The topological polar surface area (TPSA) is 97.1 Å². The van der Waals surface area contributed by atoms with Crippen LogP contribution in [0.1, 0.15) is 48.7 Å². The average molecular weight is 284 g/mol. The fourth-order valence-electron chi connectivity index (χ4n) is 1.34. The van der Waals surface area contributed by atoms with E-state index < -0.39 is 6.04 Å². The highest BCUT2D eigenvalue weighted by Gasteiger charge is 2.18. The summed E-state index contributed by atoms with van der Waals surface area (Å²) in [4.78, 5) is 27.6. The Hall–Kier alpha value is -1.47. The normalized spacial score (nSPS) is 13.7. The van der Waals surface area contributed by atoms with Crippen LogP contribution in [0, 0.1) is 0 Å². The summed E-state index contributed by atoms with van der Waals surface area (Å²) in [5, 5.41) is 7.68. The van der Waals surface area contributed by atoms with Gasteiger partial charge >= 0.3 is 0 Å². The van der Waals surface area contributed by atoms with Crippen LogP contribution >= 0.6 is 11.3 Å². The number of carbonyl (C=O) groups excluding carboxylic acids is 2. The van der Waals surface area contributed by atoms with E-state index in [2.05, 4.69) is 15.6 Å². The number of nitrogens with zero attached hydrogens (tertiary/aromatic N) is 1. The zero-order chi connectivity index (χ0) is 14.4. The molecule has 1 aromatic rings. The summed E-state index contributed by atoms with van der Waals surface area (Å²) in [5.41, 5.74) is 5.98. The van der Waals surface area contributed by atoms with E-state index in [1.54, 1.807) is 19.2 Å². The first-order chi connectivity index (χ1) is 8.95. The predicted octanol–water partition coefficient (Wildman–Crippen LogP) is 0.807. The molecule has 2 unspecified atom stereocenters. The van der Waals surface area contributed by atoms with Crippen molar-refractivity contribution in [1.29, 1.82) is 0 Å². The highest BCUT2D eigenvalue weighted by atomic mass is 32.1. The van der Waals surface area contributed by atoms with Gasteiger partial charge in [0.2, 0.25) is 5.91 Å². The monoisotopic (exact) mass is 284 g/mol. The van der Waals surface area contributed by atoms with Gasteiger partial charge in [-0.25, -0.2) is 4.98 Å². The number of carbonyl (C=O) groups is 2. The second-order valence-corrected chi connectivity index (χ2v) is 5.24. The van der Waals surface area contributed by atoms with Crippen LogP contribution in [-0.4, -0.2) is 29.4 Å². The van der Waals surface area contributed by atoms with E-state index in [4.69, 9.17) is 5.73 Å². The van der Waals surface area contributed by atoms with E-state index in [0.29, 0.717) is 17.2 Å². The van der Waals surface area contributed by atoms with Crippen molar-refractivity contribution in [2.75, 3.05) is 6.54 Å². The molecule has 2 atom stereocenters. The minimum absolute atomic E-state index is 0.196. The average Bonchev–Trinajstić information content (AvgIpc) is 2.85. The molecule has 0 saturated carbocycles. The van der Waals surface area contributed by atoms with Crippen LogP contribution in [0.4, 0.5) is 0 Å². The summed E-state index contributed by atoms with van der Waals surface area (Å²) in [5.74, 6) is -0.555. The van der Waals surface area contributed by atoms with Crippen molar-refractivity contribution in [3.63, 3.8) is 0 Å². The van der Waals surface area contributed by atoms with Crippen molar-refractivity contribution in [3.05, 3.63) is 16.1 Å². The Labute approximate surface area is 116 Å². The molecule has 4 N–H and O–H groups in total. The van der Waals surface area contributed by atoms with E-state index in [9.17, 15) is 9.59 Å². The number of nitrogens with two attached hydrogens (primary N) is 1. The summed E-state index contributed by atoms with van der Waals surface area (Å²) in [7, 11) is 0. The third-order valence-corrected chi connectivity index (χ3v) is 3.48. The van der Waals surface area contributed by atoms with E-state index in [0.717, 1.165) is 6.42 Å². The highest BCUT2D eigenvalue weighted by Crippen LogP contribution is 2.15. The molecule has 1 aromatic heterocycles. The Morgan fingerprint density at radius 2 is 2.16 bits per heavy atom. The second-order valence-electron chi connectivity index (χ2n) is 4.35. The van der Waals surface area contributed by atoms with Crippen molar-refractivity contribution >= 4 is 23.2 Å². The minimum Gasteiger partial charge on any atom is -0.354 e. The first kappa shape index (κ1) is 15.6. The van der Waals surface area contributed by atoms with E-state index in [1.165, 1.54) is 11.3 Å². The molecule has 0 bridgehead atoms. The quantitative estimate of drug-likeness (QED) is 0.720. The Balaban J connectivity index is 2.56. The first-order valence-corrected chi connectivity index (χ1v) is 7.13. The molecule has 0 spiro atoms. The molecule has 1 heterocycles. The van der Waals surface area contributed by atoms with Crippen LogP contribution in [0.3, 0.4) is 0 Å². The Bertz CT molecular complexity index is 445. The predicted molar refractivity (Wildman–Crippen MR) is 74.9 cm³/mol. The van der Waals surface area contributed by atoms with Crippen molar-refractivity contribution < 1.29 is 9.59 Å². The van der Waals surface area contributed by atoms with Gasteiger partial charge in [0.05, 0.1) is 6.04 Å². The van der Waals surface area contributed by atoms with Gasteiger partial charge in [-0.15, -0.1) is 11.3 Å². The Kier molecular flexibility index (Phi) is 5.91. The lowest BCUT2D eigenvalue weighted by molar-refractivity contribution is -0.122. The standard InChI is InChI=1S/C12H20N4O2S/c1-4-5-14-10(17)8(3)15-11(18)9-6-19-12(16-9)7(2)13/h6-8H,4-5,13H2,1-3H3,(H,14,17)(H,15,18). The van der Waals surface area contributed by atoms with Crippen molar-refractivity contribution in [2.24, 2.45) is 5.73 Å². The van der Waals surface area contributed by atoms with Crippen molar-refractivity contribution in [3.8, 4) is 0 Å². The van der Waals surface area contributed by atoms with Crippen LogP contribution in [0.2, 0.25) is 0 Å². The maximum Gasteiger partial charge on any atom is 0.271 e. The summed E-state index contributed by atoms with van der Waals surface area (Å²) in [6, 6.07) is -0.781. The molecule has 0 aliphatic carbocycles. The van der Waals surface area contributed by atoms with E-state index >= 15 is 0 Å². The lowest BCUT2D eigenvalue weighted by Gasteiger charge is -2.12.